The van der Waals surface area contributed by atoms with E-state index in [2.05, 4.69) is 36.5 Å². The minimum atomic E-state index is 0.295. The van der Waals surface area contributed by atoms with Gasteiger partial charge in [0.25, 0.3) is 0 Å². The molecule has 0 fully saturated rings. The van der Waals surface area contributed by atoms with Crippen molar-refractivity contribution < 1.29 is 0 Å². The van der Waals surface area contributed by atoms with Gasteiger partial charge in [0.15, 0.2) is 0 Å². The fourth-order valence-electron chi connectivity index (χ4n) is 1.94. The number of hydrogen-bond acceptors (Lipinski definition) is 2. The van der Waals surface area contributed by atoms with Gasteiger partial charge >= 0.3 is 0 Å². The third-order valence-corrected chi connectivity index (χ3v) is 4.47. The van der Waals surface area contributed by atoms with Gasteiger partial charge in [0.2, 0.25) is 0 Å². The van der Waals surface area contributed by atoms with Crippen LogP contribution in [0.4, 0.5) is 0 Å². The lowest BCUT2D eigenvalue weighted by molar-refractivity contribution is 0.601. The fourth-order valence-corrected chi connectivity index (χ4v) is 3.24. The van der Waals surface area contributed by atoms with E-state index in [0.717, 1.165) is 11.4 Å². The molecule has 0 aliphatic carbocycles. The Morgan fingerprint density at radius 3 is 2.65 bits per heavy atom. The normalized spacial score (nSPS) is 12.6. The van der Waals surface area contributed by atoms with E-state index >= 15 is 0 Å². The summed E-state index contributed by atoms with van der Waals surface area (Å²) in [5.41, 5.74) is 2.71. The lowest BCUT2D eigenvalue weighted by atomic mass is 10.0. The number of rotatable bonds is 4. The molecule has 1 heterocycles. The van der Waals surface area contributed by atoms with E-state index in [4.69, 9.17) is 11.6 Å². The summed E-state index contributed by atoms with van der Waals surface area (Å²) in [6.45, 7) is 2.15. The third-order valence-electron chi connectivity index (χ3n) is 3.00. The van der Waals surface area contributed by atoms with Crippen LogP contribution in [0.2, 0.25) is 5.02 Å². The van der Waals surface area contributed by atoms with Crippen LogP contribution in [0, 0.1) is 6.92 Å². The number of aryl methyl sites for hydroxylation is 1. The van der Waals surface area contributed by atoms with Gasteiger partial charge in [-0.05, 0) is 43.0 Å². The zero-order valence-electron chi connectivity index (χ0n) is 10.0. The molecule has 1 atom stereocenters. The highest BCUT2D eigenvalue weighted by atomic mass is 35.5. The summed E-state index contributed by atoms with van der Waals surface area (Å²) >= 11 is 7.90. The quantitative estimate of drug-likeness (QED) is 0.873. The summed E-state index contributed by atoms with van der Waals surface area (Å²) < 4.78 is 0. The summed E-state index contributed by atoms with van der Waals surface area (Å²) in [7, 11) is 1.99. The van der Waals surface area contributed by atoms with Gasteiger partial charge in [-0.1, -0.05) is 35.9 Å². The largest absolute Gasteiger partial charge is 0.312 e. The van der Waals surface area contributed by atoms with Crippen molar-refractivity contribution in [1.29, 1.82) is 0 Å². The molecule has 1 unspecified atom stereocenters. The maximum Gasteiger partial charge on any atom is 0.0561 e. The molecule has 1 aromatic heterocycles. The highest BCUT2D eigenvalue weighted by molar-refractivity contribution is 7.10. The Kier molecular flexibility index (Phi) is 4.21. The summed E-state index contributed by atoms with van der Waals surface area (Å²) in [6.07, 6.45) is 0.976. The van der Waals surface area contributed by atoms with Gasteiger partial charge in [0.05, 0.1) is 5.02 Å². The molecule has 0 radical (unpaired) electrons. The maximum absolute atomic E-state index is 6.19. The number of thiophene rings is 1. The monoisotopic (exact) mass is 265 g/mol. The first-order chi connectivity index (χ1) is 8.22. The lowest BCUT2D eigenvalue weighted by Gasteiger charge is -2.16. The average Bonchev–Trinajstić information content (AvgIpc) is 2.75. The Labute approximate surface area is 111 Å². The van der Waals surface area contributed by atoms with E-state index in [1.54, 1.807) is 11.3 Å². The zero-order valence-corrected chi connectivity index (χ0v) is 11.6. The number of benzene rings is 1. The second kappa shape index (κ2) is 5.67. The number of nitrogens with one attached hydrogen (secondary N) is 1. The van der Waals surface area contributed by atoms with Crippen molar-refractivity contribution in [3.63, 3.8) is 0 Å². The second-order valence-corrected chi connectivity index (χ2v) is 5.46. The van der Waals surface area contributed by atoms with Crippen molar-refractivity contribution in [1.82, 2.24) is 5.32 Å². The molecule has 0 aliphatic heterocycles. The minimum Gasteiger partial charge on any atom is -0.312 e. The molecule has 1 nitrogen and oxygen atoms in total. The van der Waals surface area contributed by atoms with Crippen molar-refractivity contribution >= 4 is 22.9 Å². The van der Waals surface area contributed by atoms with Crippen LogP contribution in [-0.4, -0.2) is 7.05 Å². The molecular formula is C14H16ClNS. The SMILES string of the molecule is CNC(Cc1ccccc1C)c1sccc1Cl. The Bertz CT molecular complexity index is 492. The molecule has 0 saturated heterocycles. The maximum atomic E-state index is 6.19. The van der Waals surface area contributed by atoms with E-state index in [0.29, 0.717) is 6.04 Å². The summed E-state index contributed by atoms with van der Waals surface area (Å²) in [5, 5.41) is 6.25. The van der Waals surface area contributed by atoms with Crippen LogP contribution in [-0.2, 0) is 6.42 Å². The molecule has 0 amide bonds. The Balaban J connectivity index is 2.22. The fraction of sp³-hybridized carbons (Fsp3) is 0.286. The van der Waals surface area contributed by atoms with Gasteiger partial charge in [-0.15, -0.1) is 11.3 Å². The van der Waals surface area contributed by atoms with Crippen LogP contribution in [0.3, 0.4) is 0 Å². The van der Waals surface area contributed by atoms with Crippen LogP contribution in [0.5, 0.6) is 0 Å². The zero-order chi connectivity index (χ0) is 12.3. The smallest absolute Gasteiger partial charge is 0.0561 e. The Morgan fingerprint density at radius 2 is 2.06 bits per heavy atom. The highest BCUT2D eigenvalue weighted by Crippen LogP contribution is 2.31. The summed E-state index contributed by atoms with van der Waals surface area (Å²) in [5.74, 6) is 0. The molecule has 0 saturated carbocycles. The molecule has 0 aliphatic rings. The van der Waals surface area contributed by atoms with E-state index in [9.17, 15) is 0 Å². The number of likely N-dealkylation sites (N-methyl/N-ethyl adjacent to an activating group) is 1. The molecule has 1 N–H and O–H groups in total. The third kappa shape index (κ3) is 2.89. The van der Waals surface area contributed by atoms with Gasteiger partial charge < -0.3 is 5.32 Å². The van der Waals surface area contributed by atoms with Gasteiger partial charge in [0, 0.05) is 10.9 Å². The molecule has 17 heavy (non-hydrogen) atoms. The molecular weight excluding hydrogens is 250 g/mol. The predicted octanol–water partition coefficient (Wildman–Crippen LogP) is 4.21. The Morgan fingerprint density at radius 1 is 1.29 bits per heavy atom. The van der Waals surface area contributed by atoms with Crippen molar-refractivity contribution in [2.24, 2.45) is 0 Å². The van der Waals surface area contributed by atoms with Crippen LogP contribution in [0.1, 0.15) is 22.0 Å². The highest BCUT2D eigenvalue weighted by Gasteiger charge is 2.15. The molecule has 0 spiro atoms. The van der Waals surface area contributed by atoms with Crippen molar-refractivity contribution in [3.8, 4) is 0 Å². The van der Waals surface area contributed by atoms with E-state index < -0.39 is 0 Å². The topological polar surface area (TPSA) is 12.0 Å². The first-order valence-electron chi connectivity index (χ1n) is 5.67. The van der Waals surface area contributed by atoms with Crippen molar-refractivity contribution in [2.45, 2.75) is 19.4 Å². The summed E-state index contributed by atoms with van der Waals surface area (Å²) in [6, 6.07) is 10.8. The van der Waals surface area contributed by atoms with Crippen LogP contribution in [0.15, 0.2) is 35.7 Å². The van der Waals surface area contributed by atoms with E-state index in [1.165, 1.54) is 16.0 Å². The van der Waals surface area contributed by atoms with Crippen LogP contribution in [0.25, 0.3) is 0 Å². The Hall–Kier alpha value is -0.830. The first-order valence-corrected chi connectivity index (χ1v) is 6.92. The molecule has 3 heteroatoms. The van der Waals surface area contributed by atoms with E-state index in [-0.39, 0.29) is 0 Å². The van der Waals surface area contributed by atoms with Gasteiger partial charge in [0.1, 0.15) is 0 Å². The van der Waals surface area contributed by atoms with Crippen LogP contribution >= 0.6 is 22.9 Å². The van der Waals surface area contributed by atoms with Crippen molar-refractivity contribution in [2.75, 3.05) is 7.05 Å². The summed E-state index contributed by atoms with van der Waals surface area (Å²) in [4.78, 5) is 1.22. The van der Waals surface area contributed by atoms with Crippen molar-refractivity contribution in [3.05, 3.63) is 56.7 Å². The van der Waals surface area contributed by atoms with E-state index in [1.807, 2.05) is 18.5 Å². The van der Waals surface area contributed by atoms with Gasteiger partial charge in [-0.2, -0.15) is 0 Å². The van der Waals surface area contributed by atoms with Gasteiger partial charge in [-0.25, -0.2) is 0 Å². The molecule has 90 valence electrons. The molecule has 2 aromatic rings. The number of hydrogen-bond donors (Lipinski definition) is 1. The minimum absolute atomic E-state index is 0.295. The average molecular weight is 266 g/mol. The first kappa shape index (κ1) is 12.6. The molecule has 2 rings (SSSR count). The number of halogens is 1. The molecule has 0 bridgehead atoms. The van der Waals surface area contributed by atoms with Crippen LogP contribution < -0.4 is 5.32 Å². The predicted molar refractivity (Wildman–Crippen MR) is 76.0 cm³/mol. The van der Waals surface area contributed by atoms with Gasteiger partial charge in [-0.3, -0.25) is 0 Å². The molecule has 1 aromatic carbocycles. The lowest BCUT2D eigenvalue weighted by Crippen LogP contribution is -2.18. The second-order valence-electron chi connectivity index (χ2n) is 4.10. The standard InChI is InChI=1S/C14H16ClNS/c1-10-5-3-4-6-11(10)9-13(16-2)14-12(15)7-8-17-14/h3-8,13,16H,9H2,1-2H3.